The molecule has 0 heterocycles. The maximum atomic E-state index is 9.59. The number of aliphatic hydroxyl groups excluding tert-OH is 1. The Morgan fingerprint density at radius 3 is 2.17 bits per heavy atom. The highest BCUT2D eigenvalue weighted by molar-refractivity contribution is 5.82. The van der Waals surface area contributed by atoms with Gasteiger partial charge in [0.15, 0.2) is 0 Å². The molecule has 2 aromatic carbocycles. The Labute approximate surface area is 146 Å². The van der Waals surface area contributed by atoms with Crippen molar-refractivity contribution in [1.29, 1.82) is 0 Å². The Morgan fingerprint density at radius 1 is 0.833 bits per heavy atom. The van der Waals surface area contributed by atoms with Crippen LogP contribution in [0.1, 0.15) is 69.1 Å². The van der Waals surface area contributed by atoms with E-state index >= 15 is 0 Å². The van der Waals surface area contributed by atoms with Crippen molar-refractivity contribution in [3.05, 3.63) is 59.2 Å². The third-order valence-electron chi connectivity index (χ3n) is 5.66. The number of rotatable bonds is 8. The van der Waals surface area contributed by atoms with Crippen LogP contribution in [0.3, 0.4) is 0 Å². The molecule has 0 atom stereocenters. The van der Waals surface area contributed by atoms with Crippen molar-refractivity contribution < 1.29 is 5.11 Å². The fraction of sp³-hybridized carbons (Fsp3) is 0.478. The molecule has 0 spiro atoms. The number of benzene rings is 2. The van der Waals surface area contributed by atoms with Crippen LogP contribution in [-0.4, -0.2) is 11.7 Å². The van der Waals surface area contributed by atoms with Crippen LogP contribution < -0.4 is 0 Å². The molecule has 2 aromatic rings. The van der Waals surface area contributed by atoms with Crippen LogP contribution in [0.25, 0.3) is 11.1 Å². The van der Waals surface area contributed by atoms with E-state index in [0.29, 0.717) is 0 Å². The Morgan fingerprint density at radius 2 is 1.50 bits per heavy atom. The molecule has 24 heavy (non-hydrogen) atoms. The van der Waals surface area contributed by atoms with Gasteiger partial charge in [0.25, 0.3) is 0 Å². The second-order valence-corrected chi connectivity index (χ2v) is 7.15. The van der Waals surface area contributed by atoms with Crippen LogP contribution in [0, 0.1) is 0 Å². The van der Waals surface area contributed by atoms with E-state index in [-0.39, 0.29) is 12.0 Å². The summed E-state index contributed by atoms with van der Waals surface area (Å²) in [6, 6.07) is 15.7. The molecule has 1 N–H and O–H groups in total. The predicted octanol–water partition coefficient (Wildman–Crippen LogP) is 5.87. The third kappa shape index (κ3) is 2.80. The average Bonchev–Trinajstić information content (AvgIpc) is 2.90. The first kappa shape index (κ1) is 17.2. The molecule has 1 aliphatic carbocycles. The lowest BCUT2D eigenvalue weighted by atomic mass is 9.69. The van der Waals surface area contributed by atoms with Gasteiger partial charge in [-0.05, 0) is 47.1 Å². The van der Waals surface area contributed by atoms with Gasteiger partial charge in [0, 0.05) is 12.0 Å². The van der Waals surface area contributed by atoms with Crippen molar-refractivity contribution in [2.45, 2.75) is 64.2 Å². The standard InChI is InChI=1S/C23H30O/c1-3-5-15-23(16-6-4-2)21-13-8-7-11-19(21)20-12-9-10-18(14-17-24)22(20)23/h7-13,24H,3-6,14-17H2,1-2H3. The fourth-order valence-electron chi connectivity index (χ4n) is 4.59. The molecular formula is C23H30O. The second-order valence-electron chi connectivity index (χ2n) is 7.15. The Hall–Kier alpha value is -1.60. The minimum absolute atomic E-state index is 0.143. The molecule has 1 nitrogen and oxygen atoms in total. The quantitative estimate of drug-likeness (QED) is 0.644. The van der Waals surface area contributed by atoms with Gasteiger partial charge in [0.1, 0.15) is 0 Å². The lowest BCUT2D eigenvalue weighted by Crippen LogP contribution is -2.27. The second kappa shape index (κ2) is 7.53. The van der Waals surface area contributed by atoms with Crippen molar-refractivity contribution in [1.82, 2.24) is 0 Å². The summed E-state index contributed by atoms with van der Waals surface area (Å²) in [5.74, 6) is 0. The van der Waals surface area contributed by atoms with E-state index in [1.165, 1.54) is 66.3 Å². The number of hydrogen-bond acceptors (Lipinski definition) is 1. The molecule has 1 heteroatoms. The van der Waals surface area contributed by atoms with Crippen molar-refractivity contribution in [2.75, 3.05) is 6.61 Å². The topological polar surface area (TPSA) is 20.2 Å². The van der Waals surface area contributed by atoms with E-state index < -0.39 is 0 Å². The van der Waals surface area contributed by atoms with Crippen molar-refractivity contribution in [2.24, 2.45) is 0 Å². The molecule has 0 radical (unpaired) electrons. The van der Waals surface area contributed by atoms with Crippen LogP contribution in [-0.2, 0) is 11.8 Å². The summed E-state index contributed by atoms with van der Waals surface area (Å²) in [6.07, 6.45) is 8.17. The molecule has 3 rings (SSSR count). The number of aliphatic hydroxyl groups is 1. The van der Waals surface area contributed by atoms with E-state index in [0.717, 1.165) is 6.42 Å². The summed E-state index contributed by atoms with van der Waals surface area (Å²) in [7, 11) is 0. The Bertz CT molecular complexity index is 678. The van der Waals surface area contributed by atoms with Gasteiger partial charge in [0.2, 0.25) is 0 Å². The zero-order chi connectivity index (χ0) is 17.0. The van der Waals surface area contributed by atoms with Crippen molar-refractivity contribution >= 4 is 0 Å². The Balaban J connectivity index is 2.23. The first-order valence-corrected chi connectivity index (χ1v) is 9.61. The highest BCUT2D eigenvalue weighted by Gasteiger charge is 2.43. The van der Waals surface area contributed by atoms with Gasteiger partial charge >= 0.3 is 0 Å². The largest absolute Gasteiger partial charge is 0.396 e. The molecule has 0 aliphatic heterocycles. The third-order valence-corrected chi connectivity index (χ3v) is 5.66. The van der Waals surface area contributed by atoms with Gasteiger partial charge in [0.05, 0.1) is 0 Å². The van der Waals surface area contributed by atoms with Gasteiger partial charge in [-0.2, -0.15) is 0 Å². The highest BCUT2D eigenvalue weighted by Crippen LogP contribution is 2.55. The summed E-state index contributed by atoms with van der Waals surface area (Å²) in [4.78, 5) is 0. The summed E-state index contributed by atoms with van der Waals surface area (Å²) in [5, 5.41) is 9.59. The SMILES string of the molecule is CCCCC1(CCCC)c2ccccc2-c2cccc(CCO)c21. The molecular weight excluding hydrogens is 292 g/mol. The molecule has 0 fully saturated rings. The zero-order valence-electron chi connectivity index (χ0n) is 15.1. The molecule has 0 unspecified atom stereocenters. The molecule has 0 bridgehead atoms. The Kier molecular flexibility index (Phi) is 5.40. The molecule has 0 saturated heterocycles. The van der Waals surface area contributed by atoms with Gasteiger partial charge < -0.3 is 5.11 Å². The molecule has 128 valence electrons. The smallest absolute Gasteiger partial charge is 0.0471 e. The van der Waals surface area contributed by atoms with Crippen LogP contribution in [0.5, 0.6) is 0 Å². The van der Waals surface area contributed by atoms with Gasteiger partial charge in [-0.1, -0.05) is 82.0 Å². The van der Waals surface area contributed by atoms with Crippen molar-refractivity contribution in [3.8, 4) is 11.1 Å². The van der Waals surface area contributed by atoms with Crippen molar-refractivity contribution in [3.63, 3.8) is 0 Å². The van der Waals surface area contributed by atoms with Crippen LogP contribution in [0.4, 0.5) is 0 Å². The van der Waals surface area contributed by atoms with Crippen LogP contribution in [0.2, 0.25) is 0 Å². The number of hydrogen-bond donors (Lipinski definition) is 1. The fourth-order valence-corrected chi connectivity index (χ4v) is 4.59. The van der Waals surface area contributed by atoms with E-state index in [9.17, 15) is 5.11 Å². The molecule has 1 aliphatic rings. The molecule has 0 amide bonds. The lowest BCUT2D eigenvalue weighted by molar-refractivity contribution is 0.298. The molecule has 0 aromatic heterocycles. The van der Waals surface area contributed by atoms with E-state index in [4.69, 9.17) is 0 Å². The average molecular weight is 322 g/mol. The van der Waals surface area contributed by atoms with E-state index in [2.05, 4.69) is 56.3 Å². The highest BCUT2D eigenvalue weighted by atomic mass is 16.2. The monoisotopic (exact) mass is 322 g/mol. The summed E-state index contributed by atoms with van der Waals surface area (Å²) in [6.45, 7) is 4.80. The molecule has 0 saturated carbocycles. The first-order chi connectivity index (χ1) is 11.8. The minimum atomic E-state index is 0.143. The zero-order valence-corrected chi connectivity index (χ0v) is 15.1. The normalized spacial score (nSPS) is 14.5. The first-order valence-electron chi connectivity index (χ1n) is 9.61. The number of unbranched alkanes of at least 4 members (excludes halogenated alkanes) is 2. The lowest BCUT2D eigenvalue weighted by Gasteiger charge is -2.34. The summed E-state index contributed by atoms with van der Waals surface area (Å²) < 4.78 is 0. The predicted molar refractivity (Wildman–Crippen MR) is 102 cm³/mol. The number of fused-ring (bicyclic) bond motifs is 3. The maximum absolute atomic E-state index is 9.59. The van der Waals surface area contributed by atoms with E-state index in [1.807, 2.05) is 0 Å². The minimum Gasteiger partial charge on any atom is -0.396 e. The summed E-state index contributed by atoms with van der Waals surface area (Å²) >= 11 is 0. The van der Waals surface area contributed by atoms with Gasteiger partial charge in [-0.3, -0.25) is 0 Å². The van der Waals surface area contributed by atoms with Crippen LogP contribution in [0.15, 0.2) is 42.5 Å². The summed E-state index contributed by atoms with van der Waals surface area (Å²) in [5.41, 5.74) is 7.35. The van der Waals surface area contributed by atoms with E-state index in [1.54, 1.807) is 0 Å². The van der Waals surface area contributed by atoms with Gasteiger partial charge in [-0.15, -0.1) is 0 Å². The van der Waals surface area contributed by atoms with Gasteiger partial charge in [-0.25, -0.2) is 0 Å². The van der Waals surface area contributed by atoms with Crippen LogP contribution >= 0.6 is 0 Å². The maximum Gasteiger partial charge on any atom is 0.0471 e.